The molecule has 0 radical (unpaired) electrons. The maximum absolute atomic E-state index is 12.8. The van der Waals surface area contributed by atoms with Gasteiger partial charge >= 0.3 is 0 Å². The van der Waals surface area contributed by atoms with Crippen LogP contribution in [0.2, 0.25) is 0 Å². The number of benzene rings is 2. The Kier molecular flexibility index (Phi) is 8.66. The minimum atomic E-state index is -3.61. The Labute approximate surface area is 200 Å². The Bertz CT molecular complexity index is 1160. The highest BCUT2D eigenvalue weighted by Gasteiger charge is 2.30. The second kappa shape index (κ2) is 11.3. The standard InChI is InChI=1S/C22H29N3O7S2/c1-24(33(2,27)28)21(18-6-4-3-5-7-18)22(26)23-12-15-32-19-8-10-20(11-9-19)34(29,30)25-13-16-31-17-14-25/h3-11,21H,12-17H2,1-2H3,(H,23,26)/t21-/m0/s1. The highest BCUT2D eigenvalue weighted by molar-refractivity contribution is 7.89. The second-order valence-corrected chi connectivity index (χ2v) is 11.7. The van der Waals surface area contributed by atoms with Crippen molar-refractivity contribution in [3.8, 4) is 5.75 Å². The summed E-state index contributed by atoms with van der Waals surface area (Å²) in [4.78, 5) is 13.0. The summed E-state index contributed by atoms with van der Waals surface area (Å²) < 4.78 is 62.6. The molecule has 1 N–H and O–H groups in total. The van der Waals surface area contributed by atoms with Crippen molar-refractivity contribution in [3.63, 3.8) is 0 Å². The van der Waals surface area contributed by atoms with E-state index in [1.54, 1.807) is 42.5 Å². The summed E-state index contributed by atoms with van der Waals surface area (Å²) in [6.45, 7) is 1.63. The van der Waals surface area contributed by atoms with Crippen LogP contribution in [-0.4, -0.2) is 84.1 Å². The number of hydrogen-bond acceptors (Lipinski definition) is 7. The topological polar surface area (TPSA) is 122 Å². The third-order valence-corrected chi connectivity index (χ3v) is 8.52. The zero-order valence-corrected chi connectivity index (χ0v) is 20.7. The summed E-state index contributed by atoms with van der Waals surface area (Å²) in [7, 11) is -5.84. The first-order valence-corrected chi connectivity index (χ1v) is 14.0. The first-order valence-electron chi connectivity index (χ1n) is 10.7. The molecule has 0 unspecified atom stereocenters. The maximum Gasteiger partial charge on any atom is 0.243 e. The molecule has 1 atom stereocenters. The fraction of sp³-hybridized carbons (Fsp3) is 0.409. The lowest BCUT2D eigenvalue weighted by atomic mass is 10.1. The minimum absolute atomic E-state index is 0.116. The average molecular weight is 512 g/mol. The van der Waals surface area contributed by atoms with E-state index < -0.39 is 32.0 Å². The quantitative estimate of drug-likeness (QED) is 0.469. The highest BCUT2D eigenvalue weighted by Crippen LogP contribution is 2.22. The van der Waals surface area contributed by atoms with Gasteiger partial charge in [-0.25, -0.2) is 16.8 Å². The lowest BCUT2D eigenvalue weighted by molar-refractivity contribution is -0.124. The second-order valence-electron chi connectivity index (χ2n) is 7.72. The molecule has 0 aliphatic carbocycles. The summed E-state index contributed by atoms with van der Waals surface area (Å²) in [5.41, 5.74) is 0.547. The summed E-state index contributed by atoms with van der Waals surface area (Å²) in [5, 5.41) is 2.70. The molecule has 1 saturated heterocycles. The summed E-state index contributed by atoms with van der Waals surface area (Å²) in [5.74, 6) is -0.0299. The molecule has 2 aromatic rings. The number of ether oxygens (including phenoxy) is 2. The molecular weight excluding hydrogens is 482 g/mol. The fourth-order valence-electron chi connectivity index (χ4n) is 3.44. The van der Waals surface area contributed by atoms with Crippen LogP contribution in [0.3, 0.4) is 0 Å². The predicted molar refractivity (Wildman–Crippen MR) is 126 cm³/mol. The van der Waals surface area contributed by atoms with E-state index in [1.807, 2.05) is 0 Å². The van der Waals surface area contributed by atoms with Gasteiger partial charge in [-0.05, 0) is 29.8 Å². The Balaban J connectivity index is 1.56. The number of sulfonamides is 2. The van der Waals surface area contributed by atoms with Gasteiger partial charge < -0.3 is 14.8 Å². The van der Waals surface area contributed by atoms with E-state index in [4.69, 9.17) is 9.47 Å². The molecule has 34 heavy (non-hydrogen) atoms. The molecule has 1 heterocycles. The van der Waals surface area contributed by atoms with E-state index in [-0.39, 0.29) is 18.0 Å². The Morgan fingerprint density at radius 2 is 1.68 bits per heavy atom. The van der Waals surface area contributed by atoms with Crippen LogP contribution in [0.4, 0.5) is 0 Å². The highest BCUT2D eigenvalue weighted by atomic mass is 32.2. The largest absolute Gasteiger partial charge is 0.492 e. The zero-order chi connectivity index (χ0) is 24.8. The van der Waals surface area contributed by atoms with Gasteiger partial charge in [0, 0.05) is 20.1 Å². The van der Waals surface area contributed by atoms with E-state index in [9.17, 15) is 21.6 Å². The third-order valence-electron chi connectivity index (χ3n) is 5.35. The molecule has 3 rings (SSSR count). The van der Waals surface area contributed by atoms with Crippen LogP contribution in [0.5, 0.6) is 5.75 Å². The number of carbonyl (C=O) groups excluding carboxylic acids is 1. The molecule has 1 aliphatic rings. The number of nitrogens with one attached hydrogen (secondary N) is 1. The van der Waals surface area contributed by atoms with E-state index in [0.717, 1.165) is 10.6 Å². The predicted octanol–water partition coefficient (Wildman–Crippen LogP) is 0.835. The van der Waals surface area contributed by atoms with Crippen molar-refractivity contribution >= 4 is 26.0 Å². The van der Waals surface area contributed by atoms with Gasteiger partial charge in [0.2, 0.25) is 26.0 Å². The van der Waals surface area contributed by atoms with Gasteiger partial charge in [0.05, 0.1) is 30.9 Å². The van der Waals surface area contributed by atoms with Crippen LogP contribution in [-0.2, 0) is 29.6 Å². The minimum Gasteiger partial charge on any atom is -0.492 e. The van der Waals surface area contributed by atoms with Crippen LogP contribution in [0.15, 0.2) is 59.5 Å². The molecule has 1 aliphatic heterocycles. The molecule has 2 aromatic carbocycles. The van der Waals surface area contributed by atoms with Gasteiger partial charge in [-0.15, -0.1) is 0 Å². The zero-order valence-electron chi connectivity index (χ0n) is 19.1. The SMILES string of the molecule is CN([C@H](C(=O)NCCOc1ccc(S(=O)(=O)N2CCOCC2)cc1)c1ccccc1)S(C)(=O)=O. The molecule has 0 saturated carbocycles. The van der Waals surface area contributed by atoms with Gasteiger partial charge in [-0.1, -0.05) is 30.3 Å². The lowest BCUT2D eigenvalue weighted by Gasteiger charge is -2.26. The first kappa shape index (κ1) is 26.1. The van der Waals surface area contributed by atoms with Crippen molar-refractivity contribution < 1.29 is 31.1 Å². The number of amides is 1. The number of carbonyl (C=O) groups is 1. The molecule has 10 nitrogen and oxygen atoms in total. The van der Waals surface area contributed by atoms with E-state index >= 15 is 0 Å². The molecule has 1 fully saturated rings. The molecule has 0 bridgehead atoms. The van der Waals surface area contributed by atoms with Crippen LogP contribution in [0, 0.1) is 0 Å². The molecular formula is C22H29N3O7S2. The van der Waals surface area contributed by atoms with Crippen molar-refractivity contribution in [1.29, 1.82) is 0 Å². The van der Waals surface area contributed by atoms with Gasteiger partial charge in [0.1, 0.15) is 18.4 Å². The van der Waals surface area contributed by atoms with Crippen molar-refractivity contribution in [2.75, 3.05) is 52.8 Å². The molecule has 0 aromatic heterocycles. The smallest absolute Gasteiger partial charge is 0.243 e. The van der Waals surface area contributed by atoms with Crippen LogP contribution in [0.25, 0.3) is 0 Å². The summed E-state index contributed by atoms with van der Waals surface area (Å²) in [6.07, 6.45) is 1.04. The van der Waals surface area contributed by atoms with Gasteiger partial charge in [0.15, 0.2) is 0 Å². The van der Waals surface area contributed by atoms with E-state index in [2.05, 4.69) is 5.32 Å². The van der Waals surface area contributed by atoms with Crippen molar-refractivity contribution in [2.45, 2.75) is 10.9 Å². The lowest BCUT2D eigenvalue weighted by Crippen LogP contribution is -2.42. The molecule has 12 heteroatoms. The summed E-state index contributed by atoms with van der Waals surface area (Å²) >= 11 is 0. The molecule has 1 amide bonds. The van der Waals surface area contributed by atoms with E-state index in [1.165, 1.54) is 23.5 Å². The number of nitrogens with zero attached hydrogens (tertiary/aromatic N) is 2. The Morgan fingerprint density at radius 3 is 2.26 bits per heavy atom. The van der Waals surface area contributed by atoms with Crippen LogP contribution in [0.1, 0.15) is 11.6 Å². The number of likely N-dealkylation sites (N-methyl/N-ethyl adjacent to an activating group) is 1. The molecule has 0 spiro atoms. The maximum atomic E-state index is 12.8. The van der Waals surface area contributed by atoms with Crippen molar-refractivity contribution in [1.82, 2.24) is 13.9 Å². The molecule has 186 valence electrons. The third kappa shape index (κ3) is 6.54. The van der Waals surface area contributed by atoms with Crippen LogP contribution >= 0.6 is 0 Å². The summed E-state index contributed by atoms with van der Waals surface area (Å²) in [6, 6.07) is 13.7. The first-order chi connectivity index (χ1) is 16.1. The Morgan fingerprint density at radius 1 is 1.06 bits per heavy atom. The van der Waals surface area contributed by atoms with Crippen LogP contribution < -0.4 is 10.1 Å². The van der Waals surface area contributed by atoms with Gasteiger partial charge in [-0.3, -0.25) is 4.79 Å². The van der Waals surface area contributed by atoms with Gasteiger partial charge in [-0.2, -0.15) is 8.61 Å². The normalized spacial score (nSPS) is 16.2. The Hall–Kier alpha value is -2.51. The number of rotatable bonds is 10. The average Bonchev–Trinajstić information content (AvgIpc) is 2.83. The van der Waals surface area contributed by atoms with Crippen molar-refractivity contribution in [3.05, 3.63) is 60.2 Å². The fourth-order valence-corrected chi connectivity index (χ4v) is 5.45. The van der Waals surface area contributed by atoms with Crippen molar-refractivity contribution in [2.24, 2.45) is 0 Å². The monoisotopic (exact) mass is 511 g/mol. The van der Waals surface area contributed by atoms with Gasteiger partial charge in [0.25, 0.3) is 0 Å². The number of hydrogen-bond donors (Lipinski definition) is 1. The van der Waals surface area contributed by atoms with E-state index in [0.29, 0.717) is 37.6 Å². The number of morpholine rings is 1.